The van der Waals surface area contributed by atoms with E-state index in [9.17, 15) is 4.79 Å². The lowest BCUT2D eigenvalue weighted by Crippen LogP contribution is -2.01. The molecule has 0 spiro atoms. The van der Waals surface area contributed by atoms with Crippen molar-refractivity contribution in [1.29, 1.82) is 0 Å². The summed E-state index contributed by atoms with van der Waals surface area (Å²) < 4.78 is 0. The molecule has 0 saturated heterocycles. The van der Waals surface area contributed by atoms with E-state index in [0.717, 1.165) is 11.1 Å². The van der Waals surface area contributed by atoms with Crippen molar-refractivity contribution in [3.8, 4) is 0 Å². The number of hydrogen-bond acceptors (Lipinski definition) is 3. The van der Waals surface area contributed by atoms with Crippen molar-refractivity contribution in [2.24, 2.45) is 0 Å². The molecule has 2 aromatic rings. The Balaban J connectivity index is 2.22. The molecule has 3 heteroatoms. The first-order valence-corrected chi connectivity index (χ1v) is 7.63. The molecular formula is C17H18OS2. The van der Waals surface area contributed by atoms with Gasteiger partial charge in [0.2, 0.25) is 0 Å². The van der Waals surface area contributed by atoms with Gasteiger partial charge in [-0.05, 0) is 25.0 Å². The minimum absolute atomic E-state index is 0.0433. The van der Waals surface area contributed by atoms with Gasteiger partial charge in [0.25, 0.3) is 0 Å². The number of hydrogen-bond donors (Lipinski definition) is 2. The molecule has 0 aliphatic rings. The second kappa shape index (κ2) is 6.51. The summed E-state index contributed by atoms with van der Waals surface area (Å²) in [5.41, 5.74) is 3.64. The first-order chi connectivity index (χ1) is 9.49. The Morgan fingerprint density at radius 3 is 1.30 bits per heavy atom. The van der Waals surface area contributed by atoms with E-state index in [2.05, 4.69) is 25.3 Å². The SMILES string of the molecule is CC(S)c1ccc(C(=O)c2ccc(C(C)S)cc2)cc1. The molecule has 1 nitrogen and oxygen atoms in total. The van der Waals surface area contributed by atoms with E-state index in [1.54, 1.807) is 0 Å². The Kier molecular flexibility index (Phi) is 4.95. The zero-order valence-electron chi connectivity index (χ0n) is 11.6. The van der Waals surface area contributed by atoms with Crippen molar-refractivity contribution in [3.63, 3.8) is 0 Å². The van der Waals surface area contributed by atoms with E-state index in [0.29, 0.717) is 11.1 Å². The Morgan fingerprint density at radius 2 is 1.05 bits per heavy atom. The summed E-state index contributed by atoms with van der Waals surface area (Å²) in [7, 11) is 0. The van der Waals surface area contributed by atoms with Gasteiger partial charge in [0.1, 0.15) is 0 Å². The van der Waals surface area contributed by atoms with Gasteiger partial charge in [-0.3, -0.25) is 4.79 Å². The normalized spacial score (nSPS) is 13.8. The highest BCUT2D eigenvalue weighted by Crippen LogP contribution is 2.22. The molecule has 2 aromatic carbocycles. The standard InChI is InChI=1S/C17H18OS2/c1-11(19)13-3-7-15(8-4-13)17(18)16-9-5-14(6-10-16)12(2)20/h3-12,19-20H,1-2H3. The molecular weight excluding hydrogens is 284 g/mol. The summed E-state index contributed by atoms with van der Waals surface area (Å²) in [6, 6.07) is 15.3. The molecule has 0 saturated carbocycles. The fraction of sp³-hybridized carbons (Fsp3) is 0.235. The number of carbonyl (C=O) groups is 1. The Hall–Kier alpha value is -1.19. The molecule has 0 aliphatic heterocycles. The van der Waals surface area contributed by atoms with Crippen molar-refractivity contribution >= 4 is 31.0 Å². The van der Waals surface area contributed by atoms with Crippen molar-refractivity contribution in [2.75, 3.05) is 0 Å². The topological polar surface area (TPSA) is 17.1 Å². The third-order valence-electron chi connectivity index (χ3n) is 3.31. The second-order valence-corrected chi connectivity index (χ2v) is 6.47. The molecule has 0 fully saturated rings. The van der Waals surface area contributed by atoms with E-state index in [1.807, 2.05) is 62.4 Å². The van der Waals surface area contributed by atoms with Crippen molar-refractivity contribution in [1.82, 2.24) is 0 Å². The van der Waals surface area contributed by atoms with Crippen LogP contribution < -0.4 is 0 Å². The summed E-state index contributed by atoms with van der Waals surface area (Å²) in [5, 5.41) is 0.352. The fourth-order valence-corrected chi connectivity index (χ4v) is 2.34. The Morgan fingerprint density at radius 1 is 0.750 bits per heavy atom. The Bertz CT molecular complexity index is 530. The number of thiol groups is 2. The lowest BCUT2D eigenvalue weighted by molar-refractivity contribution is 0.103. The van der Waals surface area contributed by atoms with E-state index in [1.165, 1.54) is 0 Å². The molecule has 2 atom stereocenters. The van der Waals surface area contributed by atoms with Crippen LogP contribution in [0.25, 0.3) is 0 Å². The molecule has 104 valence electrons. The zero-order chi connectivity index (χ0) is 14.7. The average molecular weight is 302 g/mol. The van der Waals surface area contributed by atoms with Crippen molar-refractivity contribution < 1.29 is 4.79 Å². The lowest BCUT2D eigenvalue weighted by Gasteiger charge is -2.08. The predicted octanol–water partition coefficient (Wildman–Crippen LogP) is 4.90. The van der Waals surface area contributed by atoms with E-state index >= 15 is 0 Å². The number of carbonyl (C=O) groups excluding carboxylic acids is 1. The Labute approximate surface area is 131 Å². The molecule has 0 amide bonds. The molecule has 0 bridgehead atoms. The van der Waals surface area contributed by atoms with Crippen LogP contribution in [-0.4, -0.2) is 5.78 Å². The van der Waals surface area contributed by atoms with Gasteiger partial charge in [0, 0.05) is 21.6 Å². The third-order valence-corrected chi connectivity index (χ3v) is 3.91. The quantitative estimate of drug-likeness (QED) is 0.607. The maximum absolute atomic E-state index is 12.4. The molecule has 20 heavy (non-hydrogen) atoms. The van der Waals surface area contributed by atoms with Crippen LogP contribution >= 0.6 is 25.3 Å². The van der Waals surface area contributed by atoms with Crippen LogP contribution in [0.5, 0.6) is 0 Å². The predicted molar refractivity (Wildman–Crippen MR) is 91.1 cm³/mol. The summed E-state index contributed by atoms with van der Waals surface area (Å²) >= 11 is 8.76. The van der Waals surface area contributed by atoms with Crippen LogP contribution in [0.2, 0.25) is 0 Å². The highest BCUT2D eigenvalue weighted by atomic mass is 32.1. The monoisotopic (exact) mass is 302 g/mol. The third kappa shape index (κ3) is 3.47. The smallest absolute Gasteiger partial charge is 0.193 e. The van der Waals surface area contributed by atoms with E-state index < -0.39 is 0 Å². The van der Waals surface area contributed by atoms with Gasteiger partial charge in [0.05, 0.1) is 0 Å². The summed E-state index contributed by atoms with van der Waals surface area (Å²) in [5.74, 6) is 0.0433. The first kappa shape index (κ1) is 15.2. The van der Waals surface area contributed by atoms with Crippen molar-refractivity contribution in [2.45, 2.75) is 24.3 Å². The largest absolute Gasteiger partial charge is 0.289 e. The zero-order valence-corrected chi connectivity index (χ0v) is 13.4. The molecule has 2 unspecified atom stereocenters. The minimum Gasteiger partial charge on any atom is -0.289 e. The first-order valence-electron chi connectivity index (χ1n) is 6.60. The van der Waals surface area contributed by atoms with Crippen LogP contribution in [0.1, 0.15) is 51.4 Å². The van der Waals surface area contributed by atoms with Gasteiger partial charge in [-0.2, -0.15) is 25.3 Å². The highest BCUT2D eigenvalue weighted by molar-refractivity contribution is 7.80. The van der Waals surface area contributed by atoms with Gasteiger partial charge in [-0.15, -0.1) is 0 Å². The van der Waals surface area contributed by atoms with Gasteiger partial charge < -0.3 is 0 Å². The molecule has 0 radical (unpaired) electrons. The molecule has 0 N–H and O–H groups in total. The van der Waals surface area contributed by atoms with Gasteiger partial charge in [-0.1, -0.05) is 48.5 Å². The fourth-order valence-electron chi connectivity index (χ4n) is 1.99. The van der Waals surface area contributed by atoms with Crippen LogP contribution in [-0.2, 0) is 0 Å². The average Bonchev–Trinajstić information content (AvgIpc) is 2.46. The van der Waals surface area contributed by atoms with E-state index in [4.69, 9.17) is 0 Å². The summed E-state index contributed by atoms with van der Waals surface area (Å²) in [6.07, 6.45) is 0. The molecule has 0 aliphatic carbocycles. The van der Waals surface area contributed by atoms with Crippen LogP contribution in [0.4, 0.5) is 0 Å². The van der Waals surface area contributed by atoms with Crippen LogP contribution in [0.15, 0.2) is 48.5 Å². The van der Waals surface area contributed by atoms with Gasteiger partial charge in [0.15, 0.2) is 5.78 Å². The number of ketones is 1. The van der Waals surface area contributed by atoms with Crippen molar-refractivity contribution in [3.05, 3.63) is 70.8 Å². The van der Waals surface area contributed by atoms with Crippen LogP contribution in [0.3, 0.4) is 0 Å². The molecule has 0 heterocycles. The lowest BCUT2D eigenvalue weighted by atomic mass is 10.00. The maximum atomic E-state index is 12.4. The van der Waals surface area contributed by atoms with Gasteiger partial charge >= 0.3 is 0 Å². The summed E-state index contributed by atoms with van der Waals surface area (Å²) in [4.78, 5) is 12.4. The minimum atomic E-state index is 0.0433. The van der Waals surface area contributed by atoms with Gasteiger partial charge in [-0.25, -0.2) is 0 Å². The molecule has 2 rings (SSSR count). The summed E-state index contributed by atoms with van der Waals surface area (Å²) in [6.45, 7) is 4.02. The second-order valence-electron chi connectivity index (χ2n) is 4.93. The number of rotatable bonds is 4. The van der Waals surface area contributed by atoms with Crippen LogP contribution in [0, 0.1) is 0 Å². The van der Waals surface area contributed by atoms with E-state index in [-0.39, 0.29) is 16.3 Å². The highest BCUT2D eigenvalue weighted by Gasteiger charge is 2.10. The maximum Gasteiger partial charge on any atom is 0.193 e. The molecule has 0 aromatic heterocycles. The number of benzene rings is 2.